The van der Waals surface area contributed by atoms with Crippen molar-refractivity contribution in [2.24, 2.45) is 11.3 Å². The number of hydrogen-bond donors (Lipinski definition) is 0. The maximum absolute atomic E-state index is 12.4. The van der Waals surface area contributed by atoms with Crippen LogP contribution in [0.5, 0.6) is 0 Å². The van der Waals surface area contributed by atoms with Gasteiger partial charge in [0, 0.05) is 29.3 Å². The third-order valence-corrected chi connectivity index (χ3v) is 5.45. The molecule has 0 radical (unpaired) electrons. The van der Waals surface area contributed by atoms with Crippen LogP contribution in [0.3, 0.4) is 0 Å². The summed E-state index contributed by atoms with van der Waals surface area (Å²) in [5, 5.41) is 0. The molecule has 1 aliphatic heterocycles. The highest BCUT2D eigenvalue weighted by Crippen LogP contribution is 2.34. The number of amides is 1. The summed E-state index contributed by atoms with van der Waals surface area (Å²) in [5.74, 6) is 0.434. The molecule has 0 saturated carbocycles. The molecule has 2 rings (SSSR count). The Hall–Kier alpha value is -1.07. The lowest BCUT2D eigenvalue weighted by Gasteiger charge is -2.27. The summed E-state index contributed by atoms with van der Waals surface area (Å²) >= 11 is 0. The molecule has 1 unspecified atom stereocenters. The standard InChI is InChI=1S/C15H20ClNO3S/c1-15(2,3)12-8-9-17(10-12)14(18)11-4-6-13(7-5-11)21(16,19)20/h4-7,12H,8-10H2,1-3H3. The molecule has 21 heavy (non-hydrogen) atoms. The van der Waals surface area contributed by atoms with E-state index in [0.717, 1.165) is 19.5 Å². The molecule has 6 heteroatoms. The summed E-state index contributed by atoms with van der Waals surface area (Å²) in [4.78, 5) is 14.3. The molecule has 0 spiro atoms. The molecule has 1 aliphatic rings. The third kappa shape index (κ3) is 3.77. The molecule has 0 aliphatic carbocycles. The van der Waals surface area contributed by atoms with Gasteiger partial charge in [0.1, 0.15) is 0 Å². The predicted octanol–water partition coefficient (Wildman–Crippen LogP) is 3.12. The summed E-state index contributed by atoms with van der Waals surface area (Å²) in [5.41, 5.74) is 0.680. The predicted molar refractivity (Wildman–Crippen MR) is 82.9 cm³/mol. The van der Waals surface area contributed by atoms with Gasteiger partial charge in [0.25, 0.3) is 15.0 Å². The Morgan fingerprint density at radius 2 is 1.81 bits per heavy atom. The minimum atomic E-state index is -3.75. The first-order valence-corrected chi connectivity index (χ1v) is 9.24. The lowest BCUT2D eigenvalue weighted by Crippen LogP contribution is -2.31. The van der Waals surface area contributed by atoms with Crippen molar-refractivity contribution in [3.63, 3.8) is 0 Å². The summed E-state index contributed by atoms with van der Waals surface area (Å²) in [6.07, 6.45) is 1.00. The Morgan fingerprint density at radius 1 is 1.24 bits per heavy atom. The van der Waals surface area contributed by atoms with Gasteiger partial charge in [-0.25, -0.2) is 8.42 Å². The molecule has 1 aromatic carbocycles. The Kier molecular flexibility index (Phi) is 4.36. The van der Waals surface area contributed by atoms with Crippen LogP contribution in [0.2, 0.25) is 0 Å². The van der Waals surface area contributed by atoms with Crippen LogP contribution in [0.4, 0.5) is 0 Å². The largest absolute Gasteiger partial charge is 0.338 e. The molecule has 1 heterocycles. The zero-order valence-electron chi connectivity index (χ0n) is 12.5. The van der Waals surface area contributed by atoms with Gasteiger partial charge in [-0.1, -0.05) is 20.8 Å². The Balaban J connectivity index is 2.11. The average Bonchev–Trinajstić information content (AvgIpc) is 2.86. The van der Waals surface area contributed by atoms with Crippen LogP contribution in [0.1, 0.15) is 37.6 Å². The van der Waals surface area contributed by atoms with Crippen molar-refractivity contribution in [1.29, 1.82) is 0 Å². The van der Waals surface area contributed by atoms with Crippen LogP contribution in [0.25, 0.3) is 0 Å². The van der Waals surface area contributed by atoms with E-state index in [2.05, 4.69) is 20.8 Å². The van der Waals surface area contributed by atoms with Gasteiger partial charge in [-0.05, 0) is 42.0 Å². The second-order valence-electron chi connectivity index (χ2n) is 6.57. The van der Waals surface area contributed by atoms with Crippen LogP contribution in [0.15, 0.2) is 29.2 Å². The summed E-state index contributed by atoms with van der Waals surface area (Å²) in [6, 6.07) is 5.77. The molecule has 0 N–H and O–H groups in total. The monoisotopic (exact) mass is 329 g/mol. The molecule has 1 aromatic rings. The van der Waals surface area contributed by atoms with Crippen molar-refractivity contribution >= 4 is 25.6 Å². The molecule has 1 saturated heterocycles. The third-order valence-electron chi connectivity index (χ3n) is 4.08. The van der Waals surface area contributed by atoms with E-state index in [9.17, 15) is 13.2 Å². The first-order valence-electron chi connectivity index (χ1n) is 6.93. The maximum Gasteiger partial charge on any atom is 0.261 e. The summed E-state index contributed by atoms with van der Waals surface area (Å²) in [7, 11) is 1.52. The second-order valence-corrected chi connectivity index (χ2v) is 9.13. The van der Waals surface area contributed by atoms with Gasteiger partial charge in [-0.2, -0.15) is 0 Å². The zero-order chi connectivity index (χ0) is 15.8. The van der Waals surface area contributed by atoms with Crippen molar-refractivity contribution in [1.82, 2.24) is 4.90 Å². The number of hydrogen-bond acceptors (Lipinski definition) is 3. The highest BCUT2D eigenvalue weighted by atomic mass is 35.7. The van der Waals surface area contributed by atoms with Gasteiger partial charge in [0.2, 0.25) is 0 Å². The second kappa shape index (κ2) is 5.61. The van der Waals surface area contributed by atoms with E-state index in [4.69, 9.17) is 10.7 Å². The van der Waals surface area contributed by atoms with E-state index in [-0.39, 0.29) is 16.2 Å². The molecule has 1 amide bonds. The highest BCUT2D eigenvalue weighted by molar-refractivity contribution is 8.13. The van der Waals surface area contributed by atoms with Gasteiger partial charge in [0.15, 0.2) is 0 Å². The van der Waals surface area contributed by atoms with E-state index in [1.54, 1.807) is 0 Å². The molecule has 1 atom stereocenters. The highest BCUT2D eigenvalue weighted by Gasteiger charge is 2.34. The van der Waals surface area contributed by atoms with E-state index >= 15 is 0 Å². The van der Waals surface area contributed by atoms with Crippen LogP contribution in [-0.2, 0) is 9.05 Å². The summed E-state index contributed by atoms with van der Waals surface area (Å²) < 4.78 is 22.4. The molecule has 0 aromatic heterocycles. The Labute approximate surface area is 130 Å². The molecule has 116 valence electrons. The first kappa shape index (κ1) is 16.3. The molecule has 4 nitrogen and oxygen atoms in total. The van der Waals surface area contributed by atoms with Gasteiger partial charge in [-0.15, -0.1) is 0 Å². The first-order chi connectivity index (χ1) is 9.59. The fraction of sp³-hybridized carbons (Fsp3) is 0.533. The van der Waals surface area contributed by atoms with Crippen LogP contribution in [0, 0.1) is 11.3 Å². The maximum atomic E-state index is 12.4. The van der Waals surface area contributed by atoms with Crippen molar-refractivity contribution < 1.29 is 13.2 Å². The number of likely N-dealkylation sites (tertiary alicyclic amines) is 1. The normalized spacial score (nSPS) is 19.8. The lowest BCUT2D eigenvalue weighted by atomic mass is 9.80. The topological polar surface area (TPSA) is 54.5 Å². The SMILES string of the molecule is CC(C)(C)C1CCN(C(=O)c2ccc(S(=O)(=O)Cl)cc2)C1. The number of nitrogens with zero attached hydrogens (tertiary/aromatic N) is 1. The van der Waals surface area contributed by atoms with Gasteiger partial charge < -0.3 is 4.90 Å². The van der Waals surface area contributed by atoms with Gasteiger partial charge >= 0.3 is 0 Å². The summed E-state index contributed by atoms with van der Waals surface area (Å²) in [6.45, 7) is 8.05. The molecule has 1 fully saturated rings. The van der Waals surface area contributed by atoms with E-state index in [1.807, 2.05) is 4.90 Å². The molecule has 0 bridgehead atoms. The van der Waals surface area contributed by atoms with Gasteiger partial charge in [-0.3, -0.25) is 4.79 Å². The van der Waals surface area contributed by atoms with Crippen molar-refractivity contribution in [3.05, 3.63) is 29.8 Å². The van der Waals surface area contributed by atoms with E-state index in [0.29, 0.717) is 11.5 Å². The number of rotatable bonds is 2. The molecular formula is C15H20ClNO3S. The zero-order valence-corrected chi connectivity index (χ0v) is 14.0. The Morgan fingerprint density at radius 3 is 2.24 bits per heavy atom. The minimum absolute atomic E-state index is 0.00899. The van der Waals surface area contributed by atoms with Crippen LogP contribution < -0.4 is 0 Å². The average molecular weight is 330 g/mol. The van der Waals surface area contributed by atoms with Gasteiger partial charge in [0.05, 0.1) is 4.90 Å². The smallest absolute Gasteiger partial charge is 0.261 e. The van der Waals surface area contributed by atoms with Crippen molar-refractivity contribution in [3.8, 4) is 0 Å². The Bertz CT molecular complexity index is 632. The number of carbonyl (C=O) groups is 1. The fourth-order valence-corrected chi connectivity index (χ4v) is 3.36. The minimum Gasteiger partial charge on any atom is -0.338 e. The number of benzene rings is 1. The molecular weight excluding hydrogens is 310 g/mol. The van der Waals surface area contributed by atoms with E-state index < -0.39 is 9.05 Å². The van der Waals surface area contributed by atoms with Crippen molar-refractivity contribution in [2.45, 2.75) is 32.1 Å². The fourth-order valence-electron chi connectivity index (χ4n) is 2.59. The number of halogens is 1. The van der Waals surface area contributed by atoms with Crippen LogP contribution >= 0.6 is 10.7 Å². The lowest BCUT2D eigenvalue weighted by molar-refractivity contribution is 0.0776. The number of carbonyl (C=O) groups excluding carboxylic acids is 1. The van der Waals surface area contributed by atoms with Crippen molar-refractivity contribution in [2.75, 3.05) is 13.1 Å². The quantitative estimate of drug-likeness (QED) is 0.783. The van der Waals surface area contributed by atoms with Crippen LogP contribution in [-0.4, -0.2) is 32.3 Å². The van der Waals surface area contributed by atoms with E-state index in [1.165, 1.54) is 24.3 Å².